The third-order valence-electron chi connectivity index (χ3n) is 5.68. The zero-order valence-electron chi connectivity index (χ0n) is 19.1. The van der Waals surface area contributed by atoms with Crippen LogP contribution >= 0.6 is 22.9 Å². The fraction of sp³-hybridized carbons (Fsp3) is 0. The summed E-state index contributed by atoms with van der Waals surface area (Å²) in [5, 5.41) is 4.96. The summed E-state index contributed by atoms with van der Waals surface area (Å²) in [7, 11) is 0. The summed E-state index contributed by atoms with van der Waals surface area (Å²) in [4.78, 5) is 2.18. The van der Waals surface area contributed by atoms with E-state index in [9.17, 15) is 0 Å². The number of halogens is 1. The molecule has 0 aliphatic rings. The summed E-state index contributed by atoms with van der Waals surface area (Å²) in [6, 6.07) is 37.5. The summed E-state index contributed by atoms with van der Waals surface area (Å²) < 4.78 is 0. The lowest BCUT2D eigenvalue weighted by atomic mass is 10.1. The molecule has 0 N–H and O–H groups in total. The third kappa shape index (κ3) is 5.81. The number of nitrogens with zero attached hydrogens (tertiary/aromatic N) is 1. The van der Waals surface area contributed by atoms with Crippen molar-refractivity contribution in [2.75, 3.05) is 4.90 Å². The van der Waals surface area contributed by atoms with Crippen LogP contribution in [0.25, 0.3) is 24.3 Å². The van der Waals surface area contributed by atoms with Gasteiger partial charge in [-0.3, -0.25) is 0 Å². The van der Waals surface area contributed by atoms with Gasteiger partial charge >= 0.3 is 0 Å². The lowest BCUT2D eigenvalue weighted by Crippen LogP contribution is -2.10. The molecule has 0 aliphatic carbocycles. The second kappa shape index (κ2) is 11.1. The Balaban J connectivity index is 1.33. The van der Waals surface area contributed by atoms with Crippen LogP contribution in [0.2, 0.25) is 5.02 Å². The molecule has 0 saturated carbocycles. The number of benzene rings is 4. The highest BCUT2D eigenvalue weighted by Crippen LogP contribution is 2.38. The molecule has 0 amide bonds. The maximum absolute atomic E-state index is 6.57. The Morgan fingerprint density at radius 1 is 0.514 bits per heavy atom. The SMILES string of the molecule is Clc1ccccc1N(c1ccccc1)c1ccc(/C=C/c2ccc(/C=C/c3ccsc3)cc2)cc1. The second-order valence-corrected chi connectivity index (χ2v) is 9.29. The van der Waals surface area contributed by atoms with E-state index in [4.69, 9.17) is 11.6 Å². The zero-order valence-corrected chi connectivity index (χ0v) is 20.7. The molecule has 1 heterocycles. The van der Waals surface area contributed by atoms with Crippen molar-refractivity contribution < 1.29 is 0 Å². The van der Waals surface area contributed by atoms with Crippen molar-refractivity contribution in [2.45, 2.75) is 0 Å². The lowest BCUT2D eigenvalue weighted by molar-refractivity contribution is 1.28. The Labute approximate surface area is 215 Å². The number of rotatable bonds is 7. The van der Waals surface area contributed by atoms with Crippen LogP contribution in [0.3, 0.4) is 0 Å². The molecule has 0 atom stereocenters. The molecule has 0 fully saturated rings. The Kier molecular flexibility index (Phi) is 7.24. The molecule has 0 bridgehead atoms. The molecule has 0 radical (unpaired) electrons. The van der Waals surface area contributed by atoms with Gasteiger partial charge in [-0.2, -0.15) is 11.3 Å². The molecular weight excluding hydrogens is 466 g/mol. The van der Waals surface area contributed by atoms with Crippen molar-refractivity contribution in [3.8, 4) is 0 Å². The molecule has 0 unspecified atom stereocenters. The van der Waals surface area contributed by atoms with Gasteiger partial charge in [-0.1, -0.05) is 103 Å². The van der Waals surface area contributed by atoms with Crippen molar-refractivity contribution in [2.24, 2.45) is 0 Å². The molecule has 0 spiro atoms. The van der Waals surface area contributed by atoms with Gasteiger partial charge in [-0.25, -0.2) is 0 Å². The Morgan fingerprint density at radius 3 is 1.60 bits per heavy atom. The molecule has 0 aliphatic heterocycles. The summed E-state index contributed by atoms with van der Waals surface area (Å²) in [5.74, 6) is 0. The van der Waals surface area contributed by atoms with Crippen molar-refractivity contribution in [1.29, 1.82) is 0 Å². The highest BCUT2D eigenvalue weighted by molar-refractivity contribution is 7.08. The fourth-order valence-corrected chi connectivity index (χ4v) is 4.69. The molecule has 5 aromatic rings. The van der Waals surface area contributed by atoms with Crippen molar-refractivity contribution in [3.63, 3.8) is 0 Å². The predicted octanol–water partition coefficient (Wildman–Crippen LogP) is 10.2. The van der Waals surface area contributed by atoms with Gasteiger partial charge in [0, 0.05) is 11.4 Å². The van der Waals surface area contributed by atoms with Crippen LogP contribution in [-0.2, 0) is 0 Å². The first kappa shape index (κ1) is 22.9. The first-order chi connectivity index (χ1) is 17.3. The van der Waals surface area contributed by atoms with E-state index in [1.54, 1.807) is 11.3 Å². The minimum atomic E-state index is 0.717. The highest BCUT2D eigenvalue weighted by atomic mass is 35.5. The van der Waals surface area contributed by atoms with E-state index in [2.05, 4.69) is 107 Å². The molecular formula is C32H24ClNS. The summed E-state index contributed by atoms with van der Waals surface area (Å²) in [5.41, 5.74) is 7.82. The summed E-state index contributed by atoms with van der Waals surface area (Å²) >= 11 is 8.28. The van der Waals surface area contributed by atoms with Gasteiger partial charge in [0.25, 0.3) is 0 Å². The number of anilines is 3. The van der Waals surface area contributed by atoms with Gasteiger partial charge in [0.2, 0.25) is 0 Å². The van der Waals surface area contributed by atoms with Crippen molar-refractivity contribution >= 4 is 64.3 Å². The standard InChI is InChI=1S/C32H24ClNS/c33-31-8-4-5-9-32(31)34(29-6-2-1-3-7-29)30-20-18-27(19-21-30)15-14-25-10-12-26(13-11-25)16-17-28-22-23-35-24-28/h1-24H/b15-14+,17-16+. The minimum Gasteiger partial charge on any atom is -0.309 e. The molecule has 1 aromatic heterocycles. The van der Waals surface area contributed by atoms with Gasteiger partial charge < -0.3 is 4.90 Å². The Hall–Kier alpha value is -3.85. The third-order valence-corrected chi connectivity index (χ3v) is 6.70. The molecule has 3 heteroatoms. The number of hydrogen-bond donors (Lipinski definition) is 0. The first-order valence-electron chi connectivity index (χ1n) is 11.4. The molecule has 5 rings (SSSR count). The van der Waals surface area contributed by atoms with Crippen molar-refractivity contribution in [1.82, 2.24) is 0 Å². The van der Waals surface area contributed by atoms with Crippen LogP contribution in [0.4, 0.5) is 17.1 Å². The maximum Gasteiger partial charge on any atom is 0.0647 e. The Morgan fingerprint density at radius 2 is 1.03 bits per heavy atom. The van der Waals surface area contributed by atoms with Gasteiger partial charge in [-0.15, -0.1) is 0 Å². The number of thiophene rings is 1. The van der Waals surface area contributed by atoms with Gasteiger partial charge in [0.05, 0.1) is 10.7 Å². The summed E-state index contributed by atoms with van der Waals surface area (Å²) in [6.07, 6.45) is 8.57. The molecule has 4 aromatic carbocycles. The van der Waals surface area contributed by atoms with E-state index in [1.165, 1.54) is 16.7 Å². The smallest absolute Gasteiger partial charge is 0.0647 e. The largest absolute Gasteiger partial charge is 0.309 e. The van der Waals surface area contributed by atoms with E-state index in [-0.39, 0.29) is 0 Å². The molecule has 1 nitrogen and oxygen atoms in total. The number of hydrogen-bond acceptors (Lipinski definition) is 2. The average molecular weight is 490 g/mol. The minimum absolute atomic E-state index is 0.717. The fourth-order valence-electron chi connectivity index (χ4n) is 3.84. The average Bonchev–Trinajstić information content (AvgIpc) is 3.43. The van der Waals surface area contributed by atoms with Crippen LogP contribution in [0, 0.1) is 0 Å². The van der Waals surface area contributed by atoms with Crippen LogP contribution < -0.4 is 4.90 Å². The lowest BCUT2D eigenvalue weighted by Gasteiger charge is -2.26. The quantitative estimate of drug-likeness (QED) is 0.205. The Bertz CT molecular complexity index is 1420. The molecule has 170 valence electrons. The number of para-hydroxylation sites is 2. The van der Waals surface area contributed by atoms with Crippen LogP contribution in [0.5, 0.6) is 0 Å². The van der Waals surface area contributed by atoms with E-state index in [1.807, 2.05) is 42.5 Å². The van der Waals surface area contributed by atoms with E-state index in [0.29, 0.717) is 5.02 Å². The predicted molar refractivity (Wildman–Crippen MR) is 155 cm³/mol. The van der Waals surface area contributed by atoms with Crippen LogP contribution in [0.1, 0.15) is 22.3 Å². The summed E-state index contributed by atoms with van der Waals surface area (Å²) in [6.45, 7) is 0. The van der Waals surface area contributed by atoms with Gasteiger partial charge in [-0.05, 0) is 75.5 Å². The zero-order chi connectivity index (χ0) is 23.9. The maximum atomic E-state index is 6.57. The van der Waals surface area contributed by atoms with Crippen LogP contribution in [0.15, 0.2) is 120 Å². The monoisotopic (exact) mass is 489 g/mol. The van der Waals surface area contributed by atoms with Crippen molar-refractivity contribution in [3.05, 3.63) is 147 Å². The van der Waals surface area contributed by atoms with Gasteiger partial charge in [0.15, 0.2) is 0 Å². The molecule has 0 saturated heterocycles. The van der Waals surface area contributed by atoms with E-state index >= 15 is 0 Å². The second-order valence-electron chi connectivity index (χ2n) is 8.10. The van der Waals surface area contributed by atoms with Crippen LogP contribution in [-0.4, -0.2) is 0 Å². The molecule has 35 heavy (non-hydrogen) atoms. The van der Waals surface area contributed by atoms with E-state index < -0.39 is 0 Å². The highest BCUT2D eigenvalue weighted by Gasteiger charge is 2.14. The normalized spacial score (nSPS) is 11.3. The van der Waals surface area contributed by atoms with Gasteiger partial charge in [0.1, 0.15) is 0 Å². The first-order valence-corrected chi connectivity index (χ1v) is 12.8. The van der Waals surface area contributed by atoms with E-state index in [0.717, 1.165) is 22.6 Å². The topological polar surface area (TPSA) is 3.24 Å².